The average Bonchev–Trinajstić information content (AvgIpc) is 2.38. The minimum Gasteiger partial charge on any atom is -0.399 e. The number of hydrogen-bond acceptors (Lipinski definition) is 3. The topological polar surface area (TPSA) is 78.9 Å². The van der Waals surface area contributed by atoms with Gasteiger partial charge in [0.1, 0.15) is 0 Å². The number of anilines is 2. The third-order valence-electron chi connectivity index (χ3n) is 2.45. The van der Waals surface area contributed by atoms with Gasteiger partial charge in [0.25, 0.3) is 5.91 Å². The number of rotatable bonds is 2. The van der Waals surface area contributed by atoms with Gasteiger partial charge in [-0.25, -0.2) is 0 Å². The zero-order valence-corrected chi connectivity index (χ0v) is 10.6. The second-order valence-corrected chi connectivity index (χ2v) is 4.35. The summed E-state index contributed by atoms with van der Waals surface area (Å²) in [5, 5.41) is 11.8. The van der Waals surface area contributed by atoms with Gasteiger partial charge in [-0.2, -0.15) is 5.26 Å². The van der Waals surface area contributed by atoms with Crippen LogP contribution < -0.4 is 11.1 Å². The van der Waals surface area contributed by atoms with Gasteiger partial charge in [-0.05, 0) is 42.5 Å². The van der Waals surface area contributed by atoms with Crippen molar-refractivity contribution in [2.75, 3.05) is 11.1 Å². The van der Waals surface area contributed by atoms with Gasteiger partial charge in [0.15, 0.2) is 0 Å². The normalized spacial score (nSPS) is 9.68. The van der Waals surface area contributed by atoms with Crippen LogP contribution in [0.2, 0.25) is 5.02 Å². The van der Waals surface area contributed by atoms with Crippen molar-refractivity contribution < 1.29 is 4.79 Å². The molecule has 0 aromatic heterocycles. The van der Waals surface area contributed by atoms with E-state index in [1.165, 1.54) is 6.07 Å². The molecule has 2 rings (SSSR count). The van der Waals surface area contributed by atoms with E-state index in [2.05, 4.69) is 5.32 Å². The Morgan fingerprint density at radius 1 is 1.21 bits per heavy atom. The van der Waals surface area contributed by atoms with Gasteiger partial charge in [0.05, 0.1) is 11.6 Å². The molecule has 0 bridgehead atoms. The van der Waals surface area contributed by atoms with Crippen LogP contribution in [-0.4, -0.2) is 5.91 Å². The van der Waals surface area contributed by atoms with Crippen molar-refractivity contribution in [3.8, 4) is 6.07 Å². The number of carbonyl (C=O) groups excluding carboxylic acids is 1. The number of amides is 1. The largest absolute Gasteiger partial charge is 0.399 e. The number of nitrogens with zero attached hydrogens (tertiary/aromatic N) is 1. The molecule has 0 aliphatic carbocycles. The fourth-order valence-corrected chi connectivity index (χ4v) is 1.82. The summed E-state index contributed by atoms with van der Waals surface area (Å²) in [7, 11) is 0. The predicted octanol–water partition coefficient (Wildman–Crippen LogP) is 3.05. The number of nitriles is 1. The van der Waals surface area contributed by atoms with Crippen LogP contribution in [-0.2, 0) is 0 Å². The lowest BCUT2D eigenvalue weighted by molar-refractivity contribution is 0.102. The van der Waals surface area contributed by atoms with E-state index >= 15 is 0 Å². The summed E-state index contributed by atoms with van der Waals surface area (Å²) in [5.74, 6) is -0.307. The molecule has 94 valence electrons. The van der Waals surface area contributed by atoms with E-state index in [0.29, 0.717) is 27.5 Å². The van der Waals surface area contributed by atoms with E-state index in [9.17, 15) is 4.79 Å². The first-order valence-corrected chi connectivity index (χ1v) is 5.84. The van der Waals surface area contributed by atoms with Crippen LogP contribution >= 0.6 is 11.6 Å². The van der Waals surface area contributed by atoms with Crippen LogP contribution in [0.15, 0.2) is 42.5 Å². The fourth-order valence-electron chi connectivity index (χ4n) is 1.57. The molecule has 0 heterocycles. The van der Waals surface area contributed by atoms with E-state index in [1.807, 2.05) is 6.07 Å². The third kappa shape index (κ3) is 3.24. The monoisotopic (exact) mass is 271 g/mol. The summed E-state index contributed by atoms with van der Waals surface area (Å²) in [6, 6.07) is 13.2. The number of benzene rings is 2. The Bertz CT molecular complexity index is 639. The molecule has 2 aromatic carbocycles. The Hall–Kier alpha value is -2.51. The predicted molar refractivity (Wildman–Crippen MR) is 75.0 cm³/mol. The lowest BCUT2D eigenvalue weighted by Crippen LogP contribution is -2.12. The van der Waals surface area contributed by atoms with Gasteiger partial charge in [-0.1, -0.05) is 11.6 Å². The molecular weight excluding hydrogens is 262 g/mol. The zero-order chi connectivity index (χ0) is 13.8. The van der Waals surface area contributed by atoms with Gasteiger partial charge >= 0.3 is 0 Å². The molecule has 0 atom stereocenters. The summed E-state index contributed by atoms with van der Waals surface area (Å²) < 4.78 is 0. The Morgan fingerprint density at radius 2 is 1.89 bits per heavy atom. The molecule has 5 heteroatoms. The van der Waals surface area contributed by atoms with Crippen molar-refractivity contribution >= 4 is 28.9 Å². The first kappa shape index (κ1) is 12.9. The number of nitrogens with one attached hydrogen (secondary N) is 1. The van der Waals surface area contributed by atoms with Crippen molar-refractivity contribution in [3.05, 3.63) is 58.6 Å². The smallest absolute Gasteiger partial charge is 0.255 e. The van der Waals surface area contributed by atoms with Gasteiger partial charge in [-0.3, -0.25) is 4.79 Å². The van der Waals surface area contributed by atoms with Crippen LogP contribution in [0, 0.1) is 11.3 Å². The van der Waals surface area contributed by atoms with Crippen LogP contribution in [0.25, 0.3) is 0 Å². The van der Waals surface area contributed by atoms with Crippen molar-refractivity contribution in [3.63, 3.8) is 0 Å². The first-order valence-electron chi connectivity index (χ1n) is 5.46. The molecule has 0 aliphatic rings. The minimum absolute atomic E-state index is 0.307. The minimum atomic E-state index is -0.307. The molecule has 0 radical (unpaired) electrons. The summed E-state index contributed by atoms with van der Waals surface area (Å²) in [6.07, 6.45) is 0. The molecule has 19 heavy (non-hydrogen) atoms. The highest BCUT2D eigenvalue weighted by Gasteiger charge is 2.08. The van der Waals surface area contributed by atoms with E-state index < -0.39 is 0 Å². The first-order chi connectivity index (χ1) is 9.08. The molecule has 2 aromatic rings. The second-order valence-electron chi connectivity index (χ2n) is 3.92. The molecule has 1 amide bonds. The number of halogens is 1. The number of nitrogen functional groups attached to an aromatic ring is 1. The highest BCUT2D eigenvalue weighted by atomic mass is 35.5. The summed E-state index contributed by atoms with van der Waals surface area (Å²) in [6.45, 7) is 0. The van der Waals surface area contributed by atoms with Gasteiger partial charge in [0, 0.05) is 22.0 Å². The SMILES string of the molecule is N#Cc1ccc(NC(=O)c2cc(N)cc(Cl)c2)cc1. The molecule has 0 spiro atoms. The number of nitrogens with two attached hydrogens (primary N) is 1. The maximum absolute atomic E-state index is 12.0. The second kappa shape index (κ2) is 5.42. The van der Waals surface area contributed by atoms with E-state index in [4.69, 9.17) is 22.6 Å². The zero-order valence-electron chi connectivity index (χ0n) is 9.85. The maximum atomic E-state index is 12.0. The van der Waals surface area contributed by atoms with Crippen LogP contribution in [0.5, 0.6) is 0 Å². The van der Waals surface area contributed by atoms with Gasteiger partial charge in [-0.15, -0.1) is 0 Å². The molecule has 0 saturated heterocycles. The third-order valence-corrected chi connectivity index (χ3v) is 2.67. The Kier molecular flexibility index (Phi) is 3.69. The molecule has 0 saturated carbocycles. The van der Waals surface area contributed by atoms with Crippen LogP contribution in [0.1, 0.15) is 15.9 Å². The highest BCUT2D eigenvalue weighted by molar-refractivity contribution is 6.31. The number of hydrogen-bond donors (Lipinski definition) is 2. The molecule has 4 nitrogen and oxygen atoms in total. The van der Waals surface area contributed by atoms with E-state index in [1.54, 1.807) is 36.4 Å². The van der Waals surface area contributed by atoms with E-state index in [0.717, 1.165) is 0 Å². The summed E-state index contributed by atoms with van der Waals surface area (Å²) in [4.78, 5) is 12.0. The van der Waals surface area contributed by atoms with Gasteiger partial charge < -0.3 is 11.1 Å². The molecule has 0 unspecified atom stereocenters. The Balaban J connectivity index is 2.18. The maximum Gasteiger partial charge on any atom is 0.255 e. The van der Waals surface area contributed by atoms with Crippen molar-refractivity contribution in [2.45, 2.75) is 0 Å². The Morgan fingerprint density at radius 3 is 2.47 bits per heavy atom. The van der Waals surface area contributed by atoms with Crippen molar-refractivity contribution in [1.29, 1.82) is 5.26 Å². The van der Waals surface area contributed by atoms with E-state index in [-0.39, 0.29) is 5.91 Å². The molecule has 3 N–H and O–H groups in total. The fraction of sp³-hybridized carbons (Fsp3) is 0. The average molecular weight is 272 g/mol. The van der Waals surface area contributed by atoms with Crippen LogP contribution in [0.3, 0.4) is 0 Å². The lowest BCUT2D eigenvalue weighted by Gasteiger charge is -2.06. The Labute approximate surface area is 115 Å². The van der Waals surface area contributed by atoms with Gasteiger partial charge in [0.2, 0.25) is 0 Å². The van der Waals surface area contributed by atoms with Crippen molar-refractivity contribution in [1.82, 2.24) is 0 Å². The summed E-state index contributed by atoms with van der Waals surface area (Å²) in [5.41, 5.74) is 7.57. The van der Waals surface area contributed by atoms with Crippen LogP contribution in [0.4, 0.5) is 11.4 Å². The van der Waals surface area contributed by atoms with Crippen molar-refractivity contribution in [2.24, 2.45) is 0 Å². The number of carbonyl (C=O) groups is 1. The lowest BCUT2D eigenvalue weighted by atomic mass is 10.1. The highest BCUT2D eigenvalue weighted by Crippen LogP contribution is 2.18. The molecular formula is C14H10ClN3O. The summed E-state index contributed by atoms with van der Waals surface area (Å²) >= 11 is 5.84. The molecule has 0 fully saturated rings. The standard InChI is InChI=1S/C14H10ClN3O/c15-11-5-10(6-12(17)7-11)14(19)18-13-3-1-9(8-16)2-4-13/h1-7H,17H2,(H,18,19). The quantitative estimate of drug-likeness (QED) is 0.824. The molecule has 0 aliphatic heterocycles.